The molecule has 0 bridgehead atoms. The zero-order valence-electron chi connectivity index (χ0n) is 8.45. The van der Waals surface area contributed by atoms with Gasteiger partial charge in [-0.3, -0.25) is 10.2 Å². The van der Waals surface area contributed by atoms with Crippen LogP contribution >= 0.6 is 0 Å². The Balaban J connectivity index is 2.01. The van der Waals surface area contributed by atoms with Gasteiger partial charge in [-0.1, -0.05) is 12.1 Å². The smallest absolute Gasteiger partial charge is 0.234 e. The highest BCUT2D eigenvalue weighted by atomic mass is 16.5. The number of carbonyl (C=O) groups is 1. The van der Waals surface area contributed by atoms with Gasteiger partial charge in [-0.25, -0.2) is 5.84 Å². The van der Waals surface area contributed by atoms with Crippen LogP contribution in [0.1, 0.15) is 17.5 Å². The first kappa shape index (κ1) is 9.98. The molecule has 4 heteroatoms. The summed E-state index contributed by atoms with van der Waals surface area (Å²) in [5.74, 6) is 5.85. The molecule has 0 spiro atoms. The molecule has 0 unspecified atom stereocenters. The third-order valence-corrected chi connectivity index (χ3v) is 2.56. The van der Waals surface area contributed by atoms with Gasteiger partial charge in [0.05, 0.1) is 6.61 Å². The van der Waals surface area contributed by atoms with Gasteiger partial charge >= 0.3 is 0 Å². The van der Waals surface area contributed by atoms with Gasteiger partial charge in [0.15, 0.2) is 0 Å². The molecule has 3 N–H and O–H groups in total. The number of aryl methyl sites for hydroxylation is 1. The number of ether oxygens (including phenoxy) is 1. The van der Waals surface area contributed by atoms with Gasteiger partial charge in [-0.2, -0.15) is 0 Å². The van der Waals surface area contributed by atoms with E-state index in [4.69, 9.17) is 10.6 Å². The molecule has 80 valence electrons. The summed E-state index contributed by atoms with van der Waals surface area (Å²) in [5.41, 5.74) is 4.52. The Hall–Kier alpha value is -1.55. The van der Waals surface area contributed by atoms with Gasteiger partial charge in [-0.15, -0.1) is 0 Å². The number of hydrazine groups is 1. The summed E-state index contributed by atoms with van der Waals surface area (Å²) in [6.07, 6.45) is 2.11. The minimum Gasteiger partial charge on any atom is -0.493 e. The van der Waals surface area contributed by atoms with E-state index in [0.717, 1.165) is 30.8 Å². The van der Waals surface area contributed by atoms with Crippen LogP contribution < -0.4 is 16.0 Å². The van der Waals surface area contributed by atoms with Crippen molar-refractivity contribution in [3.05, 3.63) is 29.3 Å². The maximum Gasteiger partial charge on any atom is 0.234 e. The summed E-state index contributed by atoms with van der Waals surface area (Å²) in [7, 11) is 0. The van der Waals surface area contributed by atoms with Gasteiger partial charge in [0, 0.05) is 12.8 Å². The number of rotatable bonds is 3. The Bertz CT molecular complexity index is 377. The minimum atomic E-state index is -0.133. The second-order valence-electron chi connectivity index (χ2n) is 3.61. The van der Waals surface area contributed by atoms with E-state index in [9.17, 15) is 4.79 Å². The quantitative estimate of drug-likeness (QED) is 0.431. The highest BCUT2D eigenvalue weighted by molar-refractivity contribution is 5.75. The van der Waals surface area contributed by atoms with Crippen molar-refractivity contribution in [2.24, 2.45) is 5.84 Å². The highest BCUT2D eigenvalue weighted by Gasteiger charge is 2.12. The summed E-state index contributed by atoms with van der Waals surface area (Å²) in [5, 5.41) is 0. The summed E-state index contributed by atoms with van der Waals surface area (Å²) in [6.45, 7) is 0.766. The van der Waals surface area contributed by atoms with E-state index in [-0.39, 0.29) is 5.91 Å². The molecule has 2 rings (SSSR count). The second-order valence-corrected chi connectivity index (χ2v) is 3.61. The normalized spacial score (nSPS) is 13.1. The number of benzene rings is 1. The van der Waals surface area contributed by atoms with Crippen LogP contribution in [0.25, 0.3) is 0 Å². The third kappa shape index (κ3) is 2.27. The molecule has 0 fully saturated rings. The molecule has 1 heterocycles. The molecule has 4 nitrogen and oxygen atoms in total. The van der Waals surface area contributed by atoms with E-state index in [1.807, 2.05) is 12.1 Å². The Morgan fingerprint density at radius 3 is 3.20 bits per heavy atom. The molecule has 0 radical (unpaired) electrons. The number of hydrogen-bond acceptors (Lipinski definition) is 3. The van der Waals surface area contributed by atoms with E-state index in [1.165, 1.54) is 5.56 Å². The number of hydrogen-bond donors (Lipinski definition) is 2. The van der Waals surface area contributed by atoms with Crippen LogP contribution in [0, 0.1) is 0 Å². The number of carbonyl (C=O) groups excluding carboxylic acids is 1. The van der Waals surface area contributed by atoms with E-state index < -0.39 is 0 Å². The van der Waals surface area contributed by atoms with Crippen LogP contribution in [0.2, 0.25) is 0 Å². The molecule has 1 amide bonds. The van der Waals surface area contributed by atoms with Crippen LogP contribution in [0.4, 0.5) is 0 Å². The maximum absolute atomic E-state index is 11.0. The van der Waals surface area contributed by atoms with Crippen LogP contribution in [-0.4, -0.2) is 12.5 Å². The predicted molar refractivity (Wildman–Crippen MR) is 56.3 cm³/mol. The minimum absolute atomic E-state index is 0.133. The Labute approximate surface area is 88.4 Å². The first-order valence-corrected chi connectivity index (χ1v) is 5.03. The monoisotopic (exact) mass is 206 g/mol. The van der Waals surface area contributed by atoms with E-state index >= 15 is 0 Å². The van der Waals surface area contributed by atoms with Crippen LogP contribution in [0.3, 0.4) is 0 Å². The maximum atomic E-state index is 11.0. The van der Waals surface area contributed by atoms with Crippen molar-refractivity contribution in [1.82, 2.24) is 5.43 Å². The number of nitrogens with two attached hydrogens (primary N) is 1. The number of nitrogens with one attached hydrogen (secondary N) is 1. The molecule has 0 aromatic heterocycles. The molecule has 0 atom stereocenters. The molecule has 1 aliphatic rings. The summed E-state index contributed by atoms with van der Waals surface area (Å²) in [6, 6.07) is 6.07. The summed E-state index contributed by atoms with van der Waals surface area (Å²) >= 11 is 0. The lowest BCUT2D eigenvalue weighted by Crippen LogP contribution is -2.30. The fourth-order valence-corrected chi connectivity index (χ4v) is 1.73. The van der Waals surface area contributed by atoms with E-state index in [0.29, 0.717) is 6.42 Å². The average Bonchev–Trinajstić information content (AvgIpc) is 2.72. The highest BCUT2D eigenvalue weighted by Crippen LogP contribution is 2.26. The van der Waals surface area contributed by atoms with Gasteiger partial charge in [0.25, 0.3) is 0 Å². The molecule has 1 aromatic carbocycles. The van der Waals surface area contributed by atoms with Crippen molar-refractivity contribution in [2.45, 2.75) is 19.3 Å². The van der Waals surface area contributed by atoms with Crippen molar-refractivity contribution in [3.8, 4) is 5.75 Å². The molecular formula is C11H14N2O2. The van der Waals surface area contributed by atoms with Crippen LogP contribution in [-0.2, 0) is 17.6 Å². The van der Waals surface area contributed by atoms with Gasteiger partial charge in [0.2, 0.25) is 5.91 Å². The second kappa shape index (κ2) is 4.31. The molecule has 1 aromatic rings. The molecule has 15 heavy (non-hydrogen) atoms. The molecule has 0 saturated carbocycles. The average molecular weight is 206 g/mol. The molecular weight excluding hydrogens is 192 g/mol. The summed E-state index contributed by atoms with van der Waals surface area (Å²) in [4.78, 5) is 11.0. The molecule has 1 aliphatic heterocycles. The predicted octanol–water partition coefficient (Wildman–Crippen LogP) is 0.544. The van der Waals surface area contributed by atoms with Crippen LogP contribution in [0.15, 0.2) is 18.2 Å². The first-order chi connectivity index (χ1) is 7.29. The van der Waals surface area contributed by atoms with Gasteiger partial charge in [-0.05, 0) is 23.6 Å². The molecule has 0 saturated heterocycles. The fourth-order valence-electron chi connectivity index (χ4n) is 1.73. The first-order valence-electron chi connectivity index (χ1n) is 5.03. The molecule has 0 aliphatic carbocycles. The third-order valence-electron chi connectivity index (χ3n) is 2.56. The Kier molecular flexibility index (Phi) is 2.87. The lowest BCUT2D eigenvalue weighted by molar-refractivity contribution is -0.121. The van der Waals surface area contributed by atoms with Crippen molar-refractivity contribution in [2.75, 3.05) is 6.61 Å². The number of amides is 1. The largest absolute Gasteiger partial charge is 0.493 e. The topological polar surface area (TPSA) is 64.3 Å². The zero-order valence-corrected chi connectivity index (χ0v) is 8.45. The lowest BCUT2D eigenvalue weighted by Gasteiger charge is -2.03. The SMILES string of the molecule is NNC(=O)CCc1ccc2c(c1)CCO2. The van der Waals surface area contributed by atoms with Gasteiger partial charge in [0.1, 0.15) is 5.75 Å². The Morgan fingerprint density at radius 2 is 2.40 bits per heavy atom. The van der Waals surface area contributed by atoms with E-state index in [2.05, 4.69) is 11.5 Å². The Morgan fingerprint density at radius 1 is 1.53 bits per heavy atom. The van der Waals surface area contributed by atoms with Crippen molar-refractivity contribution in [3.63, 3.8) is 0 Å². The van der Waals surface area contributed by atoms with Crippen molar-refractivity contribution >= 4 is 5.91 Å². The fraction of sp³-hybridized carbons (Fsp3) is 0.364. The lowest BCUT2D eigenvalue weighted by atomic mass is 10.0. The van der Waals surface area contributed by atoms with Crippen molar-refractivity contribution < 1.29 is 9.53 Å². The van der Waals surface area contributed by atoms with Gasteiger partial charge < -0.3 is 4.74 Å². The summed E-state index contributed by atoms with van der Waals surface area (Å²) < 4.78 is 5.40. The standard InChI is InChI=1S/C11H14N2O2/c12-13-11(14)4-2-8-1-3-10-9(7-8)5-6-15-10/h1,3,7H,2,4-6,12H2,(H,13,14). The van der Waals surface area contributed by atoms with Crippen molar-refractivity contribution in [1.29, 1.82) is 0 Å². The zero-order chi connectivity index (χ0) is 10.7. The van der Waals surface area contributed by atoms with E-state index in [1.54, 1.807) is 0 Å². The number of fused-ring (bicyclic) bond motifs is 1. The van der Waals surface area contributed by atoms with Crippen LogP contribution in [0.5, 0.6) is 5.75 Å².